The van der Waals surface area contributed by atoms with Gasteiger partial charge >= 0.3 is 0 Å². The van der Waals surface area contributed by atoms with Gasteiger partial charge in [-0.25, -0.2) is 0 Å². The summed E-state index contributed by atoms with van der Waals surface area (Å²) in [5.41, 5.74) is 4.75. The maximum Gasteiger partial charge on any atom is 0.258 e. The van der Waals surface area contributed by atoms with Gasteiger partial charge in [-0.2, -0.15) is 0 Å². The summed E-state index contributed by atoms with van der Waals surface area (Å²) >= 11 is 0. The molecule has 0 saturated carbocycles. The largest absolute Gasteiger partial charge is 0.388 e. The quantitative estimate of drug-likeness (QED) is 0.853. The number of anilines is 2. The van der Waals surface area contributed by atoms with Crippen LogP contribution in [0.1, 0.15) is 53.3 Å². The van der Waals surface area contributed by atoms with Crippen LogP contribution in [-0.4, -0.2) is 44.4 Å². The molecule has 2 aromatic rings. The number of fused-ring (bicyclic) bond motifs is 2. The molecule has 4 rings (SSSR count). The maximum absolute atomic E-state index is 13.3. The van der Waals surface area contributed by atoms with E-state index in [0.29, 0.717) is 18.7 Å². The van der Waals surface area contributed by atoms with Crippen LogP contribution in [0.3, 0.4) is 0 Å². The fraction of sp³-hybridized carbons (Fsp3) is 0.458. The second-order valence-corrected chi connectivity index (χ2v) is 7.95. The summed E-state index contributed by atoms with van der Waals surface area (Å²) in [5.74, 6) is 0.00765. The fourth-order valence-electron chi connectivity index (χ4n) is 4.47. The summed E-state index contributed by atoms with van der Waals surface area (Å²) in [6, 6.07) is 13.9. The number of aliphatic hydroxyl groups excluding tert-OH is 1. The van der Waals surface area contributed by atoms with Gasteiger partial charge in [-0.1, -0.05) is 31.0 Å². The number of benzene rings is 2. The molecule has 0 radical (unpaired) electrons. The van der Waals surface area contributed by atoms with Crippen LogP contribution in [0.25, 0.3) is 0 Å². The zero-order valence-electron chi connectivity index (χ0n) is 17.1. The Labute approximate surface area is 172 Å². The summed E-state index contributed by atoms with van der Waals surface area (Å²) in [6.07, 6.45) is 4.27. The van der Waals surface area contributed by atoms with Crippen molar-refractivity contribution in [1.82, 2.24) is 0 Å². The monoisotopic (exact) mass is 394 g/mol. The Morgan fingerprint density at radius 2 is 1.97 bits per heavy atom. The number of para-hydroxylation sites is 1. The van der Waals surface area contributed by atoms with Crippen LogP contribution in [-0.2, 0) is 11.2 Å². The molecule has 0 spiro atoms. The van der Waals surface area contributed by atoms with E-state index < -0.39 is 6.10 Å². The normalized spacial score (nSPS) is 19.2. The minimum absolute atomic E-state index is 0.00765. The van der Waals surface area contributed by atoms with Crippen molar-refractivity contribution in [3.63, 3.8) is 0 Å². The zero-order chi connectivity index (χ0) is 20.2. The minimum atomic E-state index is -0.549. The highest BCUT2D eigenvalue weighted by Crippen LogP contribution is 2.34. The van der Waals surface area contributed by atoms with Crippen molar-refractivity contribution in [3.05, 3.63) is 59.2 Å². The molecule has 0 aliphatic carbocycles. The molecular weight excluding hydrogens is 364 g/mol. The van der Waals surface area contributed by atoms with Gasteiger partial charge in [0.25, 0.3) is 5.91 Å². The number of hydrogen-bond acceptors (Lipinski definition) is 4. The lowest BCUT2D eigenvalue weighted by atomic mass is 9.99. The van der Waals surface area contributed by atoms with Gasteiger partial charge in [0.2, 0.25) is 0 Å². The standard InChI is InChI=1S/C24H30N2O3/c1-29-16-15-25-13-6-2-3-9-23(27)20-17-19(10-11-22(20)25)24(28)26-14-12-18-7-4-5-8-21(18)26/h4-5,7-8,10-11,17,23,27H,2-3,6,9,12-16H2,1H3. The molecule has 1 amide bonds. The van der Waals surface area contributed by atoms with Gasteiger partial charge in [0.05, 0.1) is 12.7 Å². The number of amides is 1. The van der Waals surface area contributed by atoms with E-state index in [2.05, 4.69) is 11.0 Å². The molecule has 2 aromatic carbocycles. The zero-order valence-corrected chi connectivity index (χ0v) is 17.1. The van der Waals surface area contributed by atoms with Gasteiger partial charge < -0.3 is 19.6 Å². The molecule has 0 aromatic heterocycles. The van der Waals surface area contributed by atoms with Crippen LogP contribution in [0.5, 0.6) is 0 Å². The molecule has 5 nitrogen and oxygen atoms in total. The van der Waals surface area contributed by atoms with E-state index in [0.717, 1.165) is 62.1 Å². The first-order valence-corrected chi connectivity index (χ1v) is 10.6. The molecule has 5 heteroatoms. The Morgan fingerprint density at radius 1 is 1.10 bits per heavy atom. The number of rotatable bonds is 4. The molecule has 1 unspecified atom stereocenters. The molecule has 154 valence electrons. The number of methoxy groups -OCH3 is 1. The molecular formula is C24H30N2O3. The van der Waals surface area contributed by atoms with Gasteiger partial charge in [-0.05, 0) is 49.1 Å². The van der Waals surface area contributed by atoms with E-state index in [1.54, 1.807) is 7.11 Å². The summed E-state index contributed by atoms with van der Waals surface area (Å²) in [6.45, 7) is 3.07. The van der Waals surface area contributed by atoms with E-state index in [1.165, 1.54) is 5.56 Å². The third-order valence-electron chi connectivity index (χ3n) is 6.08. The molecule has 1 atom stereocenters. The van der Waals surface area contributed by atoms with Crippen LogP contribution in [0.4, 0.5) is 11.4 Å². The Kier molecular flexibility index (Phi) is 6.16. The van der Waals surface area contributed by atoms with Crippen molar-refractivity contribution in [2.75, 3.05) is 43.2 Å². The van der Waals surface area contributed by atoms with Crippen molar-refractivity contribution < 1.29 is 14.6 Å². The Morgan fingerprint density at radius 3 is 2.83 bits per heavy atom. The van der Waals surface area contributed by atoms with Crippen molar-refractivity contribution >= 4 is 17.3 Å². The lowest BCUT2D eigenvalue weighted by molar-refractivity contribution is 0.0989. The van der Waals surface area contributed by atoms with Gasteiger partial charge in [-0.15, -0.1) is 0 Å². The molecule has 0 fully saturated rings. The molecule has 2 heterocycles. The van der Waals surface area contributed by atoms with E-state index in [1.807, 2.05) is 41.3 Å². The number of carbonyl (C=O) groups excluding carboxylic acids is 1. The third-order valence-corrected chi connectivity index (χ3v) is 6.08. The molecule has 2 aliphatic rings. The second-order valence-electron chi connectivity index (χ2n) is 7.95. The topological polar surface area (TPSA) is 53.0 Å². The van der Waals surface area contributed by atoms with Crippen molar-refractivity contribution in [3.8, 4) is 0 Å². The van der Waals surface area contributed by atoms with Crippen LogP contribution >= 0.6 is 0 Å². The van der Waals surface area contributed by atoms with Crippen LogP contribution in [0, 0.1) is 0 Å². The van der Waals surface area contributed by atoms with Crippen molar-refractivity contribution in [1.29, 1.82) is 0 Å². The minimum Gasteiger partial charge on any atom is -0.388 e. The van der Waals surface area contributed by atoms with Crippen LogP contribution in [0.2, 0.25) is 0 Å². The predicted octanol–water partition coefficient (Wildman–Crippen LogP) is 3.95. The lowest BCUT2D eigenvalue weighted by Crippen LogP contribution is -2.31. The highest BCUT2D eigenvalue weighted by atomic mass is 16.5. The maximum atomic E-state index is 13.3. The second kappa shape index (κ2) is 8.97. The first-order chi connectivity index (χ1) is 14.2. The highest BCUT2D eigenvalue weighted by molar-refractivity contribution is 6.07. The summed E-state index contributed by atoms with van der Waals surface area (Å²) in [5, 5.41) is 10.9. The van der Waals surface area contributed by atoms with E-state index in [-0.39, 0.29) is 5.91 Å². The number of nitrogens with zero attached hydrogens (tertiary/aromatic N) is 2. The Bertz CT molecular complexity index is 867. The fourth-order valence-corrected chi connectivity index (χ4v) is 4.47. The van der Waals surface area contributed by atoms with Gasteiger partial charge in [0, 0.05) is 49.2 Å². The van der Waals surface area contributed by atoms with Gasteiger partial charge in [0.15, 0.2) is 0 Å². The molecule has 1 N–H and O–H groups in total. The third kappa shape index (κ3) is 4.16. The van der Waals surface area contributed by atoms with E-state index >= 15 is 0 Å². The molecule has 2 aliphatic heterocycles. The van der Waals surface area contributed by atoms with E-state index in [4.69, 9.17) is 4.74 Å². The molecule has 29 heavy (non-hydrogen) atoms. The summed E-state index contributed by atoms with van der Waals surface area (Å²) in [4.78, 5) is 17.4. The van der Waals surface area contributed by atoms with Gasteiger partial charge in [0.1, 0.15) is 0 Å². The predicted molar refractivity (Wildman–Crippen MR) is 116 cm³/mol. The van der Waals surface area contributed by atoms with Gasteiger partial charge in [-0.3, -0.25) is 4.79 Å². The number of ether oxygens (including phenoxy) is 1. The van der Waals surface area contributed by atoms with E-state index in [9.17, 15) is 9.90 Å². The number of aliphatic hydroxyl groups is 1. The van der Waals surface area contributed by atoms with Crippen LogP contribution in [0.15, 0.2) is 42.5 Å². The number of carbonyl (C=O) groups is 1. The first-order valence-electron chi connectivity index (χ1n) is 10.6. The smallest absolute Gasteiger partial charge is 0.258 e. The molecule has 0 saturated heterocycles. The first kappa shape index (κ1) is 19.9. The average molecular weight is 395 g/mol. The summed E-state index contributed by atoms with van der Waals surface area (Å²) in [7, 11) is 1.71. The summed E-state index contributed by atoms with van der Waals surface area (Å²) < 4.78 is 5.29. The van der Waals surface area contributed by atoms with Crippen molar-refractivity contribution in [2.45, 2.75) is 38.2 Å². The van der Waals surface area contributed by atoms with Crippen molar-refractivity contribution in [2.24, 2.45) is 0 Å². The van der Waals surface area contributed by atoms with Crippen LogP contribution < -0.4 is 9.80 Å². The SMILES string of the molecule is COCCN1CCCCCC(O)c2cc(C(=O)N3CCc4ccccc43)ccc21. The number of hydrogen-bond donors (Lipinski definition) is 1. The Balaban J connectivity index is 1.66. The molecule has 0 bridgehead atoms. The highest BCUT2D eigenvalue weighted by Gasteiger charge is 2.27. The lowest BCUT2D eigenvalue weighted by Gasteiger charge is -2.28. The Hall–Kier alpha value is -2.37. The average Bonchev–Trinajstić information content (AvgIpc) is 3.20.